The number of sulfonamides is 1. The normalized spacial score (nSPS) is 11.8. The van der Waals surface area contributed by atoms with Gasteiger partial charge in [-0.1, -0.05) is 38.7 Å². The highest BCUT2D eigenvalue weighted by Crippen LogP contribution is 2.18. The number of benzene rings is 1. The molecule has 0 aliphatic carbocycles. The predicted octanol–water partition coefficient (Wildman–Crippen LogP) is 1.66. The molecule has 110 valence electrons. The molecule has 20 heavy (non-hydrogen) atoms. The molecule has 2 N–H and O–H groups in total. The molecule has 0 aliphatic heterocycles. The Morgan fingerprint density at radius 3 is 2.50 bits per heavy atom. The Hall–Kier alpha value is -1.35. The van der Waals surface area contributed by atoms with E-state index >= 15 is 0 Å². The van der Waals surface area contributed by atoms with Gasteiger partial charge in [-0.2, -0.15) is 0 Å². The predicted molar refractivity (Wildman–Crippen MR) is 79.8 cm³/mol. The van der Waals surface area contributed by atoms with E-state index in [4.69, 9.17) is 5.11 Å². The van der Waals surface area contributed by atoms with E-state index < -0.39 is 10.0 Å². The summed E-state index contributed by atoms with van der Waals surface area (Å²) >= 11 is 0. The minimum absolute atomic E-state index is 0.144. The summed E-state index contributed by atoms with van der Waals surface area (Å²) in [5, 5.41) is 8.76. The molecule has 0 spiro atoms. The van der Waals surface area contributed by atoms with Crippen LogP contribution in [0.1, 0.15) is 31.9 Å². The van der Waals surface area contributed by atoms with E-state index in [0.29, 0.717) is 12.1 Å². The van der Waals surface area contributed by atoms with Crippen LogP contribution >= 0.6 is 0 Å². The summed E-state index contributed by atoms with van der Waals surface area (Å²) in [5.41, 5.74) is 1.18. The highest BCUT2D eigenvalue weighted by atomic mass is 32.2. The van der Waals surface area contributed by atoms with Crippen molar-refractivity contribution in [3.8, 4) is 11.8 Å². The number of rotatable bonds is 3. The average Bonchev–Trinajstić information content (AvgIpc) is 2.33. The molecule has 0 amide bonds. The SMILES string of the molecule is Cc1ccc(S(=O)(=O)NCC(C)(C)C)c(C#CCO)c1. The third-order valence-corrected chi connectivity index (χ3v) is 3.98. The Labute approximate surface area is 121 Å². The second kappa shape index (κ2) is 6.40. The second-order valence-electron chi connectivity index (χ2n) is 5.84. The number of hydrogen-bond acceptors (Lipinski definition) is 3. The fourth-order valence-electron chi connectivity index (χ4n) is 1.50. The first-order valence-corrected chi connectivity index (χ1v) is 7.84. The standard InChI is InChI=1S/C15H21NO3S/c1-12-7-8-14(13(10-12)6-5-9-17)20(18,19)16-11-15(2,3)4/h7-8,10,16-17H,9,11H2,1-4H3. The topological polar surface area (TPSA) is 66.4 Å². The van der Waals surface area contributed by atoms with Crippen molar-refractivity contribution in [1.82, 2.24) is 4.72 Å². The summed E-state index contributed by atoms with van der Waals surface area (Å²) in [5.74, 6) is 5.18. The lowest BCUT2D eigenvalue weighted by molar-refractivity contribution is 0.350. The fourth-order valence-corrected chi connectivity index (χ4v) is 2.93. The maximum atomic E-state index is 12.3. The molecule has 0 unspecified atom stereocenters. The van der Waals surface area contributed by atoms with Crippen LogP contribution in [0.2, 0.25) is 0 Å². The molecule has 0 bridgehead atoms. The molecule has 0 atom stereocenters. The van der Waals surface area contributed by atoms with Gasteiger partial charge in [-0.3, -0.25) is 0 Å². The molecule has 0 saturated carbocycles. The van der Waals surface area contributed by atoms with E-state index in [9.17, 15) is 8.42 Å². The summed E-state index contributed by atoms with van der Waals surface area (Å²) in [7, 11) is -3.61. The van der Waals surface area contributed by atoms with E-state index in [2.05, 4.69) is 16.6 Å². The third-order valence-electron chi connectivity index (χ3n) is 2.52. The van der Waals surface area contributed by atoms with Crippen molar-refractivity contribution in [2.75, 3.05) is 13.2 Å². The van der Waals surface area contributed by atoms with Crippen LogP contribution in [-0.4, -0.2) is 26.7 Å². The zero-order chi connectivity index (χ0) is 15.4. The second-order valence-corrected chi connectivity index (χ2v) is 7.58. The molecule has 0 aromatic heterocycles. The molecular formula is C15H21NO3S. The molecule has 0 saturated heterocycles. The average molecular weight is 295 g/mol. The Morgan fingerprint density at radius 2 is 1.95 bits per heavy atom. The van der Waals surface area contributed by atoms with E-state index in [1.54, 1.807) is 18.2 Å². The quantitative estimate of drug-likeness (QED) is 0.834. The van der Waals surface area contributed by atoms with Gasteiger partial charge in [-0.05, 0) is 30.0 Å². The van der Waals surface area contributed by atoms with Crippen LogP contribution < -0.4 is 4.72 Å². The lowest BCUT2D eigenvalue weighted by Gasteiger charge is -2.19. The van der Waals surface area contributed by atoms with Gasteiger partial charge < -0.3 is 5.11 Å². The molecule has 0 fully saturated rings. The smallest absolute Gasteiger partial charge is 0.241 e. The maximum absolute atomic E-state index is 12.3. The number of aliphatic hydroxyl groups excluding tert-OH is 1. The maximum Gasteiger partial charge on any atom is 0.241 e. The minimum atomic E-state index is -3.61. The molecule has 5 heteroatoms. The van der Waals surface area contributed by atoms with E-state index in [0.717, 1.165) is 5.56 Å². The summed E-state index contributed by atoms with van der Waals surface area (Å²) in [6, 6.07) is 4.98. The van der Waals surface area contributed by atoms with E-state index in [-0.39, 0.29) is 16.9 Å². The van der Waals surface area contributed by atoms with Gasteiger partial charge in [-0.25, -0.2) is 13.1 Å². The fraction of sp³-hybridized carbons (Fsp3) is 0.467. The Kier molecular flexibility index (Phi) is 5.35. The summed E-state index contributed by atoms with van der Waals surface area (Å²) in [4.78, 5) is 0.147. The van der Waals surface area contributed by atoms with Crippen molar-refractivity contribution in [3.63, 3.8) is 0 Å². The van der Waals surface area contributed by atoms with Crippen LogP contribution in [0.25, 0.3) is 0 Å². The van der Waals surface area contributed by atoms with Crippen LogP contribution in [0.3, 0.4) is 0 Å². The summed E-state index contributed by atoms with van der Waals surface area (Å²) < 4.78 is 27.3. The zero-order valence-corrected chi connectivity index (χ0v) is 13.1. The van der Waals surface area contributed by atoms with Crippen molar-refractivity contribution in [1.29, 1.82) is 0 Å². The molecule has 4 nitrogen and oxygen atoms in total. The van der Waals surface area contributed by atoms with Crippen LogP contribution in [-0.2, 0) is 10.0 Å². The van der Waals surface area contributed by atoms with Crippen LogP contribution in [0.5, 0.6) is 0 Å². The molecule has 0 heterocycles. The summed E-state index contributed by atoms with van der Waals surface area (Å²) in [6.07, 6.45) is 0. The third kappa shape index (κ3) is 4.97. The molecule has 1 aromatic carbocycles. The van der Waals surface area contributed by atoms with Gasteiger partial charge in [0.2, 0.25) is 10.0 Å². The number of aryl methyl sites for hydroxylation is 1. The van der Waals surface area contributed by atoms with Gasteiger partial charge in [0.05, 0.1) is 4.90 Å². The Bertz CT molecular complexity index is 631. The first-order valence-electron chi connectivity index (χ1n) is 6.36. The highest BCUT2D eigenvalue weighted by molar-refractivity contribution is 7.89. The van der Waals surface area contributed by atoms with Crippen LogP contribution in [0.4, 0.5) is 0 Å². The summed E-state index contributed by atoms with van der Waals surface area (Å²) in [6.45, 7) is 7.77. The molecular weight excluding hydrogens is 274 g/mol. The highest BCUT2D eigenvalue weighted by Gasteiger charge is 2.20. The Morgan fingerprint density at radius 1 is 1.30 bits per heavy atom. The van der Waals surface area contributed by atoms with Crippen molar-refractivity contribution in [2.45, 2.75) is 32.6 Å². The molecule has 1 rings (SSSR count). The van der Waals surface area contributed by atoms with Crippen LogP contribution in [0.15, 0.2) is 23.1 Å². The van der Waals surface area contributed by atoms with Gasteiger partial charge in [0, 0.05) is 12.1 Å². The van der Waals surface area contributed by atoms with Crippen molar-refractivity contribution < 1.29 is 13.5 Å². The number of hydrogen-bond donors (Lipinski definition) is 2. The lowest BCUT2D eigenvalue weighted by Crippen LogP contribution is -2.32. The van der Waals surface area contributed by atoms with Gasteiger partial charge >= 0.3 is 0 Å². The van der Waals surface area contributed by atoms with Crippen LogP contribution in [0, 0.1) is 24.2 Å². The van der Waals surface area contributed by atoms with Gasteiger partial charge in [0.25, 0.3) is 0 Å². The van der Waals surface area contributed by atoms with Gasteiger partial charge in [0.1, 0.15) is 6.61 Å². The van der Waals surface area contributed by atoms with E-state index in [1.807, 2.05) is 27.7 Å². The first kappa shape index (κ1) is 16.7. The van der Waals surface area contributed by atoms with Crippen molar-refractivity contribution >= 4 is 10.0 Å². The van der Waals surface area contributed by atoms with Gasteiger partial charge in [0.15, 0.2) is 0 Å². The van der Waals surface area contributed by atoms with Gasteiger partial charge in [-0.15, -0.1) is 0 Å². The molecule has 0 radical (unpaired) electrons. The number of aliphatic hydroxyl groups is 1. The Balaban J connectivity index is 3.18. The number of nitrogens with one attached hydrogen (secondary N) is 1. The zero-order valence-electron chi connectivity index (χ0n) is 12.3. The van der Waals surface area contributed by atoms with Crippen molar-refractivity contribution in [3.05, 3.63) is 29.3 Å². The molecule has 1 aromatic rings. The minimum Gasteiger partial charge on any atom is -0.384 e. The molecule has 0 aliphatic rings. The monoisotopic (exact) mass is 295 g/mol. The first-order chi connectivity index (χ1) is 9.15. The lowest BCUT2D eigenvalue weighted by atomic mass is 9.98. The largest absolute Gasteiger partial charge is 0.384 e. The van der Waals surface area contributed by atoms with E-state index in [1.165, 1.54) is 0 Å². The van der Waals surface area contributed by atoms with Crippen molar-refractivity contribution in [2.24, 2.45) is 5.41 Å².